The summed E-state index contributed by atoms with van der Waals surface area (Å²) in [5.41, 5.74) is 7.03. The summed E-state index contributed by atoms with van der Waals surface area (Å²) >= 11 is 1.38. The number of nitrogens with one attached hydrogen (secondary N) is 2. The average molecular weight is 458 g/mol. The Hall–Kier alpha value is -2.98. The molecule has 0 radical (unpaired) electrons. The molecule has 2 aliphatic rings. The molecule has 2 N–H and O–H groups in total. The van der Waals surface area contributed by atoms with Gasteiger partial charge in [-0.25, -0.2) is 4.98 Å². The maximum atomic E-state index is 12.6. The minimum Gasteiger partial charge on any atom is -0.378 e. The minimum atomic E-state index is -0.537. The van der Waals surface area contributed by atoms with Gasteiger partial charge in [-0.3, -0.25) is 25.2 Å². The molecule has 2 fully saturated rings. The van der Waals surface area contributed by atoms with Crippen molar-refractivity contribution in [3.05, 3.63) is 40.9 Å². The Balaban J connectivity index is 1.32. The number of morpholine rings is 1. The summed E-state index contributed by atoms with van der Waals surface area (Å²) in [6, 6.07) is 7.81. The number of benzene rings is 1. The molecule has 170 valence electrons. The van der Waals surface area contributed by atoms with Crippen LogP contribution < -0.4 is 20.7 Å². The predicted molar refractivity (Wildman–Crippen MR) is 122 cm³/mol. The van der Waals surface area contributed by atoms with Crippen LogP contribution >= 0.6 is 11.3 Å². The molecule has 1 atom stereocenters. The number of anilines is 2. The highest BCUT2D eigenvalue weighted by Gasteiger charge is 2.35. The second kappa shape index (κ2) is 9.66. The van der Waals surface area contributed by atoms with Crippen molar-refractivity contribution in [2.24, 2.45) is 5.92 Å². The van der Waals surface area contributed by atoms with E-state index in [2.05, 4.69) is 34.6 Å². The SMILES string of the molecule is CC(C)c1cccc(N2CC(C(=O)NNC(=O)c3csc(N4CCOCC4)n3)CC2=O)c1. The lowest BCUT2D eigenvalue weighted by Gasteiger charge is -2.25. The number of hydrogen-bond acceptors (Lipinski definition) is 7. The van der Waals surface area contributed by atoms with Gasteiger partial charge < -0.3 is 14.5 Å². The van der Waals surface area contributed by atoms with E-state index in [0.29, 0.717) is 19.1 Å². The van der Waals surface area contributed by atoms with E-state index in [1.54, 1.807) is 10.3 Å². The minimum absolute atomic E-state index is 0.103. The Morgan fingerprint density at radius 3 is 2.75 bits per heavy atom. The van der Waals surface area contributed by atoms with Gasteiger partial charge in [0.1, 0.15) is 5.69 Å². The van der Waals surface area contributed by atoms with Gasteiger partial charge in [-0.15, -0.1) is 11.3 Å². The van der Waals surface area contributed by atoms with Gasteiger partial charge in [-0.2, -0.15) is 0 Å². The van der Waals surface area contributed by atoms with Crippen LogP contribution in [0.5, 0.6) is 0 Å². The number of amides is 3. The van der Waals surface area contributed by atoms with E-state index in [4.69, 9.17) is 4.74 Å². The molecule has 4 rings (SSSR count). The predicted octanol–water partition coefficient (Wildman–Crippen LogP) is 1.92. The van der Waals surface area contributed by atoms with Gasteiger partial charge >= 0.3 is 0 Å². The molecule has 2 saturated heterocycles. The summed E-state index contributed by atoms with van der Waals surface area (Å²) in [7, 11) is 0. The molecule has 0 spiro atoms. The molecule has 9 nitrogen and oxygen atoms in total. The van der Waals surface area contributed by atoms with Gasteiger partial charge in [-0.1, -0.05) is 26.0 Å². The highest BCUT2D eigenvalue weighted by molar-refractivity contribution is 7.13. The van der Waals surface area contributed by atoms with E-state index < -0.39 is 17.7 Å². The second-order valence-electron chi connectivity index (χ2n) is 8.21. The molecule has 1 aromatic heterocycles. The molecule has 0 bridgehead atoms. The van der Waals surface area contributed by atoms with Crippen LogP contribution in [0.4, 0.5) is 10.8 Å². The Morgan fingerprint density at radius 2 is 2.00 bits per heavy atom. The standard InChI is InChI=1S/C22H27N5O4S/c1-14(2)15-4-3-5-17(10-15)27-12-16(11-19(27)28)20(29)24-25-21(30)18-13-32-22(23-18)26-6-8-31-9-7-26/h3-5,10,13-14,16H,6-9,11-12H2,1-2H3,(H,24,29)(H,25,30). The third kappa shape index (κ3) is 4.91. The number of carbonyl (C=O) groups excluding carboxylic acids is 3. The summed E-state index contributed by atoms with van der Waals surface area (Å²) in [4.78, 5) is 45.6. The van der Waals surface area contributed by atoms with E-state index in [1.165, 1.54) is 11.3 Å². The molecule has 1 unspecified atom stereocenters. The molecule has 10 heteroatoms. The Labute approximate surface area is 190 Å². The molecular weight excluding hydrogens is 430 g/mol. The Morgan fingerprint density at radius 1 is 1.22 bits per heavy atom. The van der Waals surface area contributed by atoms with Crippen molar-refractivity contribution >= 4 is 39.9 Å². The molecule has 0 aliphatic carbocycles. The van der Waals surface area contributed by atoms with Crippen molar-refractivity contribution in [3.8, 4) is 0 Å². The van der Waals surface area contributed by atoms with Crippen LogP contribution in [0.1, 0.15) is 42.2 Å². The number of ether oxygens (including phenoxy) is 1. The highest BCUT2D eigenvalue weighted by atomic mass is 32.1. The second-order valence-corrected chi connectivity index (χ2v) is 9.05. The third-order valence-electron chi connectivity index (χ3n) is 5.65. The summed E-state index contributed by atoms with van der Waals surface area (Å²) in [6.45, 7) is 7.20. The lowest BCUT2D eigenvalue weighted by Crippen LogP contribution is -2.45. The lowest BCUT2D eigenvalue weighted by molar-refractivity contribution is -0.126. The molecule has 3 heterocycles. The van der Waals surface area contributed by atoms with E-state index in [-0.39, 0.29) is 24.6 Å². The molecule has 2 aromatic rings. The number of carbonyl (C=O) groups is 3. The first-order chi connectivity index (χ1) is 15.4. The van der Waals surface area contributed by atoms with Crippen LogP contribution in [-0.4, -0.2) is 55.6 Å². The molecule has 32 heavy (non-hydrogen) atoms. The fourth-order valence-corrected chi connectivity index (χ4v) is 4.60. The smallest absolute Gasteiger partial charge is 0.289 e. The van der Waals surface area contributed by atoms with Gasteiger partial charge in [0, 0.05) is 37.1 Å². The van der Waals surface area contributed by atoms with Crippen LogP contribution in [0.15, 0.2) is 29.6 Å². The summed E-state index contributed by atoms with van der Waals surface area (Å²) in [5.74, 6) is -1.17. The van der Waals surface area contributed by atoms with E-state index in [1.807, 2.05) is 24.3 Å². The zero-order valence-electron chi connectivity index (χ0n) is 18.2. The number of hydrogen-bond donors (Lipinski definition) is 2. The van der Waals surface area contributed by atoms with Gasteiger partial charge in [0.2, 0.25) is 11.8 Å². The Bertz CT molecular complexity index is 1000. The first-order valence-electron chi connectivity index (χ1n) is 10.7. The van der Waals surface area contributed by atoms with Crippen molar-refractivity contribution in [2.75, 3.05) is 42.6 Å². The van der Waals surface area contributed by atoms with Crippen LogP contribution in [-0.2, 0) is 14.3 Å². The van der Waals surface area contributed by atoms with E-state index in [0.717, 1.165) is 29.5 Å². The third-order valence-corrected chi connectivity index (χ3v) is 6.55. The zero-order chi connectivity index (χ0) is 22.7. The molecule has 2 aliphatic heterocycles. The van der Waals surface area contributed by atoms with Gasteiger partial charge in [-0.05, 0) is 23.6 Å². The van der Waals surface area contributed by atoms with Crippen molar-refractivity contribution in [1.82, 2.24) is 15.8 Å². The van der Waals surface area contributed by atoms with Crippen LogP contribution in [0.2, 0.25) is 0 Å². The van der Waals surface area contributed by atoms with Gasteiger partial charge in [0.05, 0.1) is 19.1 Å². The van der Waals surface area contributed by atoms with Crippen LogP contribution in [0.3, 0.4) is 0 Å². The Kier molecular flexibility index (Phi) is 6.71. The number of aromatic nitrogens is 1. The van der Waals surface area contributed by atoms with Gasteiger partial charge in [0.25, 0.3) is 5.91 Å². The first kappa shape index (κ1) is 22.2. The normalized spacial score (nSPS) is 18.8. The largest absolute Gasteiger partial charge is 0.378 e. The van der Waals surface area contributed by atoms with Crippen molar-refractivity contribution < 1.29 is 19.1 Å². The van der Waals surface area contributed by atoms with Gasteiger partial charge in [0.15, 0.2) is 5.13 Å². The molecular formula is C22H27N5O4S. The number of thiazole rings is 1. The zero-order valence-corrected chi connectivity index (χ0v) is 19.0. The van der Waals surface area contributed by atoms with Crippen molar-refractivity contribution in [2.45, 2.75) is 26.2 Å². The fraction of sp³-hybridized carbons (Fsp3) is 0.455. The van der Waals surface area contributed by atoms with E-state index in [9.17, 15) is 14.4 Å². The van der Waals surface area contributed by atoms with E-state index >= 15 is 0 Å². The van der Waals surface area contributed by atoms with Crippen LogP contribution in [0.25, 0.3) is 0 Å². The molecule has 3 amide bonds. The topological polar surface area (TPSA) is 104 Å². The quantitative estimate of drug-likeness (QED) is 0.665. The summed E-state index contributed by atoms with van der Waals surface area (Å²) < 4.78 is 5.33. The molecule has 0 saturated carbocycles. The fourth-order valence-electron chi connectivity index (χ4n) is 3.74. The van der Waals surface area contributed by atoms with Crippen molar-refractivity contribution in [3.63, 3.8) is 0 Å². The highest BCUT2D eigenvalue weighted by Crippen LogP contribution is 2.28. The first-order valence-corrected chi connectivity index (χ1v) is 11.6. The summed E-state index contributed by atoms with van der Waals surface area (Å²) in [5, 5.41) is 2.42. The average Bonchev–Trinajstić information content (AvgIpc) is 3.45. The lowest BCUT2D eigenvalue weighted by atomic mass is 10.0. The summed E-state index contributed by atoms with van der Waals surface area (Å²) in [6.07, 6.45) is 0.103. The monoisotopic (exact) mass is 457 g/mol. The van der Waals surface area contributed by atoms with Crippen LogP contribution in [0, 0.1) is 5.92 Å². The van der Waals surface area contributed by atoms with Crippen molar-refractivity contribution in [1.29, 1.82) is 0 Å². The molecule has 1 aromatic carbocycles. The number of hydrazine groups is 1. The maximum absolute atomic E-state index is 12.6. The number of nitrogens with zero attached hydrogens (tertiary/aromatic N) is 3. The maximum Gasteiger partial charge on any atom is 0.289 e. The number of rotatable bonds is 5.